The maximum absolute atomic E-state index is 13.4. The van der Waals surface area contributed by atoms with Crippen molar-refractivity contribution in [2.45, 2.75) is 53.2 Å². The number of aromatic nitrogens is 2. The van der Waals surface area contributed by atoms with E-state index >= 15 is 0 Å². The molecule has 0 amide bonds. The van der Waals surface area contributed by atoms with Crippen molar-refractivity contribution < 1.29 is 14.3 Å². The molecule has 6 nitrogen and oxygen atoms in total. The van der Waals surface area contributed by atoms with Crippen LogP contribution in [0.2, 0.25) is 0 Å². The van der Waals surface area contributed by atoms with Gasteiger partial charge in [-0.1, -0.05) is 31.2 Å². The van der Waals surface area contributed by atoms with E-state index in [2.05, 4.69) is 85.5 Å². The van der Waals surface area contributed by atoms with Crippen molar-refractivity contribution in [3.8, 4) is 5.75 Å². The molecule has 0 bridgehead atoms. The standard InChI is InChI=1S/C31H35N3O3/c1-6-19-36-27-20-22(33(7-2)8-3)16-17-24(27)31(25-14-12-18-32-29(25)30(35)37-31)28-21(5)34(9-4)26-15-11-10-13-23(26)28/h10-18,20H,6-9,19H2,1-5H3. The lowest BCUT2D eigenvalue weighted by molar-refractivity contribution is 0.0243. The Kier molecular flexibility index (Phi) is 6.67. The van der Waals surface area contributed by atoms with Gasteiger partial charge >= 0.3 is 5.97 Å². The molecule has 5 rings (SSSR count). The summed E-state index contributed by atoms with van der Waals surface area (Å²) in [6.07, 6.45) is 2.52. The molecule has 1 unspecified atom stereocenters. The van der Waals surface area contributed by atoms with Gasteiger partial charge in [0.05, 0.1) is 6.61 Å². The molecule has 192 valence electrons. The Labute approximate surface area is 218 Å². The van der Waals surface area contributed by atoms with Gasteiger partial charge in [0, 0.05) is 70.9 Å². The van der Waals surface area contributed by atoms with E-state index in [-0.39, 0.29) is 0 Å². The maximum atomic E-state index is 13.4. The molecule has 37 heavy (non-hydrogen) atoms. The second-order valence-corrected chi connectivity index (χ2v) is 9.39. The number of benzene rings is 2. The number of hydrogen-bond acceptors (Lipinski definition) is 5. The molecule has 2 aromatic carbocycles. The molecule has 2 aromatic heterocycles. The summed E-state index contributed by atoms with van der Waals surface area (Å²) >= 11 is 0. The predicted molar refractivity (Wildman–Crippen MR) is 148 cm³/mol. The summed E-state index contributed by atoms with van der Waals surface area (Å²) in [5.41, 5.74) is 4.95. The fourth-order valence-electron chi connectivity index (χ4n) is 5.82. The zero-order valence-electron chi connectivity index (χ0n) is 22.4. The molecule has 1 aliphatic rings. The van der Waals surface area contributed by atoms with Gasteiger partial charge in [-0.25, -0.2) is 9.78 Å². The van der Waals surface area contributed by atoms with Crippen LogP contribution in [0.1, 0.15) is 67.0 Å². The van der Waals surface area contributed by atoms with E-state index in [1.54, 1.807) is 6.20 Å². The zero-order valence-corrected chi connectivity index (χ0v) is 22.4. The topological polar surface area (TPSA) is 56.6 Å². The van der Waals surface area contributed by atoms with Crippen molar-refractivity contribution >= 4 is 22.6 Å². The van der Waals surface area contributed by atoms with Crippen LogP contribution in [0.15, 0.2) is 60.8 Å². The average molecular weight is 498 g/mol. The Balaban J connectivity index is 1.89. The molecular weight excluding hydrogens is 462 g/mol. The first-order chi connectivity index (χ1) is 18.0. The highest BCUT2D eigenvalue weighted by Crippen LogP contribution is 2.53. The van der Waals surface area contributed by atoms with Crippen molar-refractivity contribution in [1.29, 1.82) is 0 Å². The number of hydrogen-bond donors (Lipinski definition) is 0. The molecule has 0 spiro atoms. The lowest BCUT2D eigenvalue weighted by Crippen LogP contribution is -2.31. The lowest BCUT2D eigenvalue weighted by Gasteiger charge is -2.33. The first-order valence-electron chi connectivity index (χ1n) is 13.3. The summed E-state index contributed by atoms with van der Waals surface area (Å²) in [6, 6.07) is 18.5. The SMILES string of the molecule is CCCOc1cc(N(CC)CC)ccc1C1(c2c(C)n(CC)c3ccccc23)OC(=O)c2ncccc21. The van der Waals surface area contributed by atoms with Crippen LogP contribution in [-0.2, 0) is 16.9 Å². The molecule has 0 saturated carbocycles. The summed E-state index contributed by atoms with van der Waals surface area (Å²) in [7, 11) is 0. The van der Waals surface area contributed by atoms with E-state index in [1.807, 2.05) is 18.2 Å². The van der Waals surface area contributed by atoms with Crippen LogP contribution in [0.25, 0.3) is 10.9 Å². The Morgan fingerprint density at radius 3 is 2.51 bits per heavy atom. The Morgan fingerprint density at radius 1 is 1.00 bits per heavy atom. The Morgan fingerprint density at radius 2 is 1.78 bits per heavy atom. The first kappa shape index (κ1) is 24.9. The van der Waals surface area contributed by atoms with Gasteiger partial charge in [-0.15, -0.1) is 0 Å². The smallest absolute Gasteiger partial charge is 0.358 e. The predicted octanol–water partition coefficient (Wildman–Crippen LogP) is 6.46. The number of nitrogens with zero attached hydrogens (tertiary/aromatic N) is 3. The third-order valence-corrected chi connectivity index (χ3v) is 7.46. The largest absolute Gasteiger partial charge is 0.493 e. The highest BCUT2D eigenvalue weighted by atomic mass is 16.6. The van der Waals surface area contributed by atoms with Crippen LogP contribution >= 0.6 is 0 Å². The average Bonchev–Trinajstić information content (AvgIpc) is 3.39. The highest BCUT2D eigenvalue weighted by Gasteiger charge is 2.53. The van der Waals surface area contributed by atoms with E-state index in [1.165, 1.54) is 0 Å². The van der Waals surface area contributed by atoms with Crippen LogP contribution in [0, 0.1) is 6.92 Å². The summed E-state index contributed by atoms with van der Waals surface area (Å²) in [4.78, 5) is 20.2. The second-order valence-electron chi connectivity index (χ2n) is 9.39. The number of fused-ring (bicyclic) bond motifs is 2. The zero-order chi connectivity index (χ0) is 26.2. The van der Waals surface area contributed by atoms with Crippen LogP contribution in [0.5, 0.6) is 5.75 Å². The summed E-state index contributed by atoms with van der Waals surface area (Å²) in [6.45, 7) is 13.8. The van der Waals surface area contributed by atoms with E-state index in [4.69, 9.17) is 9.47 Å². The minimum atomic E-state index is -1.18. The van der Waals surface area contributed by atoms with E-state index in [0.29, 0.717) is 12.3 Å². The van der Waals surface area contributed by atoms with Crippen molar-refractivity contribution in [2.75, 3.05) is 24.6 Å². The van der Waals surface area contributed by atoms with Gasteiger partial charge in [0.15, 0.2) is 11.3 Å². The molecule has 0 aliphatic carbocycles. The number of aryl methyl sites for hydroxylation is 1. The minimum absolute atomic E-state index is 0.351. The quantitative estimate of drug-likeness (QED) is 0.248. The molecule has 3 heterocycles. The Bertz CT molecular complexity index is 1450. The van der Waals surface area contributed by atoms with Gasteiger partial charge in [-0.05, 0) is 58.4 Å². The number of carbonyl (C=O) groups is 1. The number of ether oxygens (including phenoxy) is 2. The lowest BCUT2D eigenvalue weighted by atomic mass is 9.78. The number of pyridine rings is 1. The number of carbonyl (C=O) groups excluding carboxylic acids is 1. The molecule has 1 atom stereocenters. The maximum Gasteiger partial charge on any atom is 0.358 e. The fourth-order valence-corrected chi connectivity index (χ4v) is 5.82. The van der Waals surface area contributed by atoms with Crippen molar-refractivity contribution in [3.63, 3.8) is 0 Å². The van der Waals surface area contributed by atoms with Gasteiger partial charge in [0.25, 0.3) is 0 Å². The van der Waals surface area contributed by atoms with E-state index < -0.39 is 11.6 Å². The third-order valence-electron chi connectivity index (χ3n) is 7.46. The summed E-state index contributed by atoms with van der Waals surface area (Å²) in [5, 5.41) is 1.06. The van der Waals surface area contributed by atoms with Gasteiger partial charge in [0.2, 0.25) is 0 Å². The highest BCUT2D eigenvalue weighted by molar-refractivity contribution is 5.97. The number of esters is 1. The van der Waals surface area contributed by atoms with Crippen LogP contribution in [0.4, 0.5) is 5.69 Å². The van der Waals surface area contributed by atoms with Gasteiger partial charge in [-0.2, -0.15) is 0 Å². The number of para-hydroxylation sites is 1. The molecule has 0 N–H and O–H groups in total. The molecule has 0 fully saturated rings. The van der Waals surface area contributed by atoms with Gasteiger partial charge in [0.1, 0.15) is 5.75 Å². The summed E-state index contributed by atoms with van der Waals surface area (Å²) in [5.74, 6) is 0.307. The molecule has 0 saturated heterocycles. The second kappa shape index (κ2) is 9.92. The molecular formula is C31H35N3O3. The first-order valence-corrected chi connectivity index (χ1v) is 13.3. The van der Waals surface area contributed by atoms with Gasteiger partial charge in [-0.3, -0.25) is 0 Å². The van der Waals surface area contributed by atoms with Crippen molar-refractivity contribution in [1.82, 2.24) is 9.55 Å². The molecule has 0 radical (unpaired) electrons. The molecule has 6 heteroatoms. The Hall–Kier alpha value is -3.80. The van der Waals surface area contributed by atoms with Crippen LogP contribution in [-0.4, -0.2) is 35.2 Å². The fraction of sp³-hybridized carbons (Fsp3) is 0.355. The number of anilines is 1. The van der Waals surface area contributed by atoms with E-state index in [9.17, 15) is 4.79 Å². The molecule has 4 aromatic rings. The third kappa shape index (κ3) is 3.78. The molecule has 1 aliphatic heterocycles. The normalized spacial score (nSPS) is 16.6. The van der Waals surface area contributed by atoms with Gasteiger partial charge < -0.3 is 18.9 Å². The number of cyclic esters (lactones) is 1. The minimum Gasteiger partial charge on any atom is -0.493 e. The number of rotatable bonds is 9. The van der Waals surface area contributed by atoms with Crippen LogP contribution in [0.3, 0.4) is 0 Å². The van der Waals surface area contributed by atoms with E-state index in [0.717, 1.165) is 70.8 Å². The van der Waals surface area contributed by atoms with Crippen LogP contribution < -0.4 is 9.64 Å². The van der Waals surface area contributed by atoms with Crippen molar-refractivity contribution in [3.05, 3.63) is 88.9 Å². The summed E-state index contributed by atoms with van der Waals surface area (Å²) < 4.78 is 15.2. The van der Waals surface area contributed by atoms with Crippen molar-refractivity contribution in [2.24, 2.45) is 0 Å². The monoisotopic (exact) mass is 497 g/mol.